The summed E-state index contributed by atoms with van der Waals surface area (Å²) in [6.07, 6.45) is 3.51. The van der Waals surface area contributed by atoms with Crippen LogP contribution in [0.25, 0.3) is 11.4 Å². The van der Waals surface area contributed by atoms with E-state index in [1.54, 1.807) is 12.4 Å². The van der Waals surface area contributed by atoms with Crippen molar-refractivity contribution in [2.45, 2.75) is 6.54 Å². The van der Waals surface area contributed by atoms with Crippen LogP contribution in [0.1, 0.15) is 5.56 Å². The van der Waals surface area contributed by atoms with Gasteiger partial charge in [-0.15, -0.1) is 0 Å². The minimum Gasteiger partial charge on any atom is -0.326 e. The molecule has 0 bridgehead atoms. The fourth-order valence-electron chi connectivity index (χ4n) is 1.34. The molecule has 0 aliphatic carbocycles. The molecule has 0 amide bonds. The molecule has 0 aromatic carbocycles. The Kier molecular flexibility index (Phi) is 2.51. The van der Waals surface area contributed by atoms with Crippen LogP contribution >= 0.6 is 0 Å². The molecule has 0 fully saturated rings. The van der Waals surface area contributed by atoms with Gasteiger partial charge < -0.3 is 5.73 Å². The lowest BCUT2D eigenvalue weighted by molar-refractivity contribution is 1.05. The molecule has 2 N–H and O–H groups in total. The summed E-state index contributed by atoms with van der Waals surface area (Å²) >= 11 is 0. The smallest absolute Gasteiger partial charge is 0.0930 e. The Hall–Kier alpha value is -1.74. The number of nitrogens with zero attached hydrogens (tertiary/aromatic N) is 2. The maximum absolute atomic E-state index is 5.62. The van der Waals surface area contributed by atoms with Gasteiger partial charge in [-0.05, 0) is 23.8 Å². The summed E-state index contributed by atoms with van der Waals surface area (Å²) in [5, 5.41) is 0. The minimum absolute atomic E-state index is 0.486. The molecule has 0 saturated heterocycles. The van der Waals surface area contributed by atoms with E-state index >= 15 is 0 Å². The lowest BCUT2D eigenvalue weighted by Gasteiger charge is -2.04. The van der Waals surface area contributed by atoms with Gasteiger partial charge in [0.2, 0.25) is 0 Å². The van der Waals surface area contributed by atoms with Crippen molar-refractivity contribution in [3.05, 3.63) is 48.3 Å². The fourth-order valence-corrected chi connectivity index (χ4v) is 1.34. The summed E-state index contributed by atoms with van der Waals surface area (Å²) in [7, 11) is 0. The van der Waals surface area contributed by atoms with E-state index in [1.165, 1.54) is 0 Å². The molecule has 2 aromatic rings. The van der Waals surface area contributed by atoms with Crippen LogP contribution in [0.2, 0.25) is 0 Å². The Morgan fingerprint density at radius 1 is 1.00 bits per heavy atom. The number of hydrogen-bond acceptors (Lipinski definition) is 3. The maximum atomic E-state index is 5.62. The minimum atomic E-state index is 0.486. The molecule has 0 aliphatic heterocycles. The van der Waals surface area contributed by atoms with Crippen molar-refractivity contribution in [1.82, 2.24) is 9.97 Å². The fraction of sp³-hybridized carbons (Fsp3) is 0.0909. The molecule has 3 nitrogen and oxygen atoms in total. The van der Waals surface area contributed by atoms with Gasteiger partial charge in [0, 0.05) is 18.9 Å². The van der Waals surface area contributed by atoms with Gasteiger partial charge in [0.25, 0.3) is 0 Å². The van der Waals surface area contributed by atoms with Crippen LogP contribution < -0.4 is 5.73 Å². The number of aromatic nitrogens is 2. The summed E-state index contributed by atoms with van der Waals surface area (Å²) in [6, 6.07) is 9.61. The zero-order valence-corrected chi connectivity index (χ0v) is 7.72. The van der Waals surface area contributed by atoms with E-state index < -0.39 is 0 Å². The van der Waals surface area contributed by atoms with Gasteiger partial charge in [0.05, 0.1) is 11.4 Å². The predicted octanol–water partition coefficient (Wildman–Crippen LogP) is 1.60. The molecular formula is C11H11N3. The summed E-state index contributed by atoms with van der Waals surface area (Å²) in [6.45, 7) is 0.486. The van der Waals surface area contributed by atoms with Gasteiger partial charge in [-0.2, -0.15) is 0 Å². The monoisotopic (exact) mass is 185 g/mol. The molecule has 0 unspecified atom stereocenters. The van der Waals surface area contributed by atoms with Gasteiger partial charge in [0.1, 0.15) is 0 Å². The van der Waals surface area contributed by atoms with Crippen LogP contribution in [0.5, 0.6) is 0 Å². The average molecular weight is 185 g/mol. The molecule has 0 spiro atoms. The summed E-state index contributed by atoms with van der Waals surface area (Å²) in [4.78, 5) is 8.52. The Labute approximate surface area is 82.6 Å². The Bertz CT molecular complexity index is 412. The quantitative estimate of drug-likeness (QED) is 0.773. The highest BCUT2D eigenvalue weighted by atomic mass is 14.8. The SMILES string of the molecule is NCc1cccnc1-c1ccccn1. The lowest BCUT2D eigenvalue weighted by Crippen LogP contribution is -2.00. The van der Waals surface area contributed by atoms with Crippen LogP contribution in [0, 0.1) is 0 Å². The van der Waals surface area contributed by atoms with Crippen molar-refractivity contribution in [2.75, 3.05) is 0 Å². The Balaban J connectivity index is 2.51. The van der Waals surface area contributed by atoms with Gasteiger partial charge in [-0.25, -0.2) is 0 Å². The van der Waals surface area contributed by atoms with Gasteiger partial charge >= 0.3 is 0 Å². The zero-order chi connectivity index (χ0) is 9.80. The zero-order valence-electron chi connectivity index (χ0n) is 7.72. The third-order valence-corrected chi connectivity index (χ3v) is 2.02. The van der Waals surface area contributed by atoms with E-state index in [-0.39, 0.29) is 0 Å². The van der Waals surface area contributed by atoms with E-state index in [0.717, 1.165) is 17.0 Å². The van der Waals surface area contributed by atoms with Gasteiger partial charge in [0.15, 0.2) is 0 Å². The number of rotatable bonds is 2. The molecule has 2 aromatic heterocycles. The Morgan fingerprint density at radius 3 is 2.57 bits per heavy atom. The molecule has 0 radical (unpaired) electrons. The van der Waals surface area contributed by atoms with Crippen LogP contribution in [-0.2, 0) is 6.54 Å². The molecule has 0 aliphatic rings. The highest BCUT2D eigenvalue weighted by Gasteiger charge is 2.04. The van der Waals surface area contributed by atoms with Gasteiger partial charge in [-0.3, -0.25) is 9.97 Å². The van der Waals surface area contributed by atoms with Crippen LogP contribution in [0.3, 0.4) is 0 Å². The third kappa shape index (κ3) is 1.63. The van der Waals surface area contributed by atoms with E-state index in [1.807, 2.05) is 30.3 Å². The predicted molar refractivity (Wildman–Crippen MR) is 55.4 cm³/mol. The van der Waals surface area contributed by atoms with Crippen LogP contribution in [-0.4, -0.2) is 9.97 Å². The second-order valence-corrected chi connectivity index (χ2v) is 2.93. The van der Waals surface area contributed by atoms with Crippen molar-refractivity contribution in [3.63, 3.8) is 0 Å². The van der Waals surface area contributed by atoms with E-state index in [0.29, 0.717) is 6.54 Å². The highest BCUT2D eigenvalue weighted by Crippen LogP contribution is 2.17. The molecule has 0 saturated carbocycles. The van der Waals surface area contributed by atoms with Gasteiger partial charge in [-0.1, -0.05) is 12.1 Å². The number of pyridine rings is 2. The van der Waals surface area contributed by atoms with E-state index in [4.69, 9.17) is 5.73 Å². The van der Waals surface area contributed by atoms with Crippen molar-refractivity contribution in [1.29, 1.82) is 0 Å². The standard InChI is InChI=1S/C11H11N3/c12-8-9-4-3-7-14-11(9)10-5-1-2-6-13-10/h1-7H,8,12H2. The summed E-state index contributed by atoms with van der Waals surface area (Å²) < 4.78 is 0. The van der Waals surface area contributed by atoms with Crippen molar-refractivity contribution in [2.24, 2.45) is 5.73 Å². The number of hydrogen-bond donors (Lipinski definition) is 1. The normalized spacial score (nSPS) is 10.1. The topological polar surface area (TPSA) is 51.8 Å². The van der Waals surface area contributed by atoms with Crippen molar-refractivity contribution >= 4 is 0 Å². The molecule has 70 valence electrons. The first-order valence-electron chi connectivity index (χ1n) is 4.47. The van der Waals surface area contributed by atoms with E-state index in [9.17, 15) is 0 Å². The first kappa shape index (κ1) is 8.84. The summed E-state index contributed by atoms with van der Waals surface area (Å²) in [5.74, 6) is 0. The molecule has 14 heavy (non-hydrogen) atoms. The molecule has 0 atom stereocenters. The molecule has 3 heteroatoms. The van der Waals surface area contributed by atoms with Crippen LogP contribution in [0.15, 0.2) is 42.7 Å². The van der Waals surface area contributed by atoms with Crippen molar-refractivity contribution < 1.29 is 0 Å². The van der Waals surface area contributed by atoms with Crippen molar-refractivity contribution in [3.8, 4) is 11.4 Å². The third-order valence-electron chi connectivity index (χ3n) is 2.02. The van der Waals surface area contributed by atoms with Crippen LogP contribution in [0.4, 0.5) is 0 Å². The second kappa shape index (κ2) is 3.98. The average Bonchev–Trinajstić information content (AvgIpc) is 2.30. The largest absolute Gasteiger partial charge is 0.326 e. The number of nitrogens with two attached hydrogens (primary N) is 1. The first-order valence-corrected chi connectivity index (χ1v) is 4.47. The van der Waals surface area contributed by atoms with E-state index in [2.05, 4.69) is 9.97 Å². The molecule has 2 heterocycles. The summed E-state index contributed by atoms with van der Waals surface area (Å²) in [5.41, 5.74) is 8.38. The highest BCUT2D eigenvalue weighted by molar-refractivity contribution is 5.58. The molecule has 2 rings (SSSR count). The second-order valence-electron chi connectivity index (χ2n) is 2.93. The molecular weight excluding hydrogens is 174 g/mol. The first-order chi connectivity index (χ1) is 6.92. The Morgan fingerprint density at radius 2 is 1.86 bits per heavy atom. The maximum Gasteiger partial charge on any atom is 0.0930 e. The lowest BCUT2D eigenvalue weighted by atomic mass is 10.1.